The summed E-state index contributed by atoms with van der Waals surface area (Å²) >= 11 is 0. The van der Waals surface area contributed by atoms with Crippen molar-refractivity contribution in [2.45, 2.75) is 64.5 Å². The Kier molecular flexibility index (Phi) is 5.09. The molecule has 3 atom stereocenters. The minimum absolute atomic E-state index is 0.0376. The summed E-state index contributed by atoms with van der Waals surface area (Å²) < 4.78 is 0. The SMILES string of the molecule is CCC[C@@H](N)C(=O)N[C@@H]1CCCC[C@@H]1C. The Hall–Kier alpha value is -0.570. The van der Waals surface area contributed by atoms with Crippen LogP contribution in [-0.2, 0) is 4.79 Å². The van der Waals surface area contributed by atoms with Gasteiger partial charge in [0, 0.05) is 6.04 Å². The van der Waals surface area contributed by atoms with Crippen LogP contribution >= 0.6 is 0 Å². The van der Waals surface area contributed by atoms with E-state index in [2.05, 4.69) is 19.2 Å². The van der Waals surface area contributed by atoms with Crippen molar-refractivity contribution in [3.8, 4) is 0 Å². The Morgan fingerprint density at radius 3 is 2.73 bits per heavy atom. The summed E-state index contributed by atoms with van der Waals surface area (Å²) in [6, 6.07) is 0.0401. The van der Waals surface area contributed by atoms with Gasteiger partial charge in [-0.3, -0.25) is 4.79 Å². The van der Waals surface area contributed by atoms with E-state index in [0.29, 0.717) is 12.0 Å². The molecular formula is C12H24N2O. The lowest BCUT2D eigenvalue weighted by Gasteiger charge is -2.30. The van der Waals surface area contributed by atoms with E-state index in [4.69, 9.17) is 5.73 Å². The molecule has 0 aromatic carbocycles. The van der Waals surface area contributed by atoms with Crippen LogP contribution in [0.3, 0.4) is 0 Å². The zero-order valence-electron chi connectivity index (χ0n) is 9.96. The molecule has 0 aromatic heterocycles. The molecule has 1 amide bonds. The lowest BCUT2D eigenvalue weighted by atomic mass is 9.86. The first kappa shape index (κ1) is 12.5. The van der Waals surface area contributed by atoms with E-state index in [1.165, 1.54) is 19.3 Å². The van der Waals surface area contributed by atoms with Crippen LogP contribution in [-0.4, -0.2) is 18.0 Å². The topological polar surface area (TPSA) is 55.1 Å². The Morgan fingerprint density at radius 2 is 2.13 bits per heavy atom. The highest BCUT2D eigenvalue weighted by molar-refractivity contribution is 5.81. The maximum atomic E-state index is 11.7. The second-order valence-corrected chi connectivity index (χ2v) is 4.77. The van der Waals surface area contributed by atoms with E-state index in [9.17, 15) is 4.79 Å². The first-order chi connectivity index (χ1) is 7.15. The smallest absolute Gasteiger partial charge is 0.237 e. The molecule has 88 valence electrons. The van der Waals surface area contributed by atoms with Crippen molar-refractivity contribution < 1.29 is 4.79 Å². The molecule has 0 aliphatic heterocycles. The molecule has 1 fully saturated rings. The molecule has 0 spiro atoms. The first-order valence-corrected chi connectivity index (χ1v) is 6.21. The summed E-state index contributed by atoms with van der Waals surface area (Å²) in [5.41, 5.74) is 5.78. The number of nitrogens with two attached hydrogens (primary N) is 1. The zero-order chi connectivity index (χ0) is 11.3. The van der Waals surface area contributed by atoms with Crippen LogP contribution in [0.5, 0.6) is 0 Å². The highest BCUT2D eigenvalue weighted by Crippen LogP contribution is 2.23. The molecule has 1 saturated carbocycles. The third kappa shape index (κ3) is 3.82. The van der Waals surface area contributed by atoms with Gasteiger partial charge in [0.05, 0.1) is 6.04 Å². The maximum absolute atomic E-state index is 11.7. The largest absolute Gasteiger partial charge is 0.352 e. The molecule has 1 aliphatic carbocycles. The van der Waals surface area contributed by atoms with Crippen molar-refractivity contribution in [1.29, 1.82) is 0 Å². The summed E-state index contributed by atoms with van der Waals surface area (Å²) in [7, 11) is 0. The van der Waals surface area contributed by atoms with Gasteiger partial charge in [0.15, 0.2) is 0 Å². The summed E-state index contributed by atoms with van der Waals surface area (Å²) in [6.07, 6.45) is 6.63. The zero-order valence-corrected chi connectivity index (χ0v) is 9.96. The number of rotatable bonds is 4. The van der Waals surface area contributed by atoms with Gasteiger partial charge in [0.2, 0.25) is 5.91 Å². The van der Waals surface area contributed by atoms with Gasteiger partial charge in [-0.1, -0.05) is 33.1 Å². The minimum Gasteiger partial charge on any atom is -0.352 e. The molecule has 15 heavy (non-hydrogen) atoms. The lowest BCUT2D eigenvalue weighted by Crippen LogP contribution is -2.48. The van der Waals surface area contributed by atoms with Gasteiger partial charge < -0.3 is 11.1 Å². The fourth-order valence-electron chi connectivity index (χ4n) is 2.26. The predicted octanol–water partition coefficient (Wildman–Crippen LogP) is 1.81. The fraction of sp³-hybridized carbons (Fsp3) is 0.917. The summed E-state index contributed by atoms with van der Waals surface area (Å²) in [5, 5.41) is 3.09. The normalized spacial score (nSPS) is 28.5. The van der Waals surface area contributed by atoms with Crippen LogP contribution in [0.4, 0.5) is 0 Å². The van der Waals surface area contributed by atoms with E-state index in [-0.39, 0.29) is 11.9 Å². The maximum Gasteiger partial charge on any atom is 0.237 e. The molecule has 0 aromatic rings. The number of amides is 1. The molecule has 1 aliphatic rings. The van der Waals surface area contributed by atoms with E-state index < -0.39 is 0 Å². The second-order valence-electron chi connectivity index (χ2n) is 4.77. The molecule has 0 saturated heterocycles. The predicted molar refractivity (Wildman–Crippen MR) is 62.4 cm³/mol. The van der Waals surface area contributed by atoms with Gasteiger partial charge in [-0.05, 0) is 25.2 Å². The third-order valence-electron chi connectivity index (χ3n) is 3.38. The van der Waals surface area contributed by atoms with E-state index in [1.807, 2.05) is 0 Å². The van der Waals surface area contributed by atoms with Crippen molar-refractivity contribution >= 4 is 5.91 Å². The van der Waals surface area contributed by atoms with Crippen molar-refractivity contribution in [3.63, 3.8) is 0 Å². The van der Waals surface area contributed by atoms with Crippen molar-refractivity contribution in [3.05, 3.63) is 0 Å². The van der Waals surface area contributed by atoms with Gasteiger partial charge in [0.25, 0.3) is 0 Å². The monoisotopic (exact) mass is 212 g/mol. The highest BCUT2D eigenvalue weighted by atomic mass is 16.2. The number of carbonyl (C=O) groups is 1. The van der Waals surface area contributed by atoms with E-state index in [0.717, 1.165) is 19.3 Å². The molecular weight excluding hydrogens is 188 g/mol. The molecule has 3 nitrogen and oxygen atoms in total. The fourth-order valence-corrected chi connectivity index (χ4v) is 2.26. The molecule has 1 rings (SSSR count). The van der Waals surface area contributed by atoms with Crippen LogP contribution in [0.15, 0.2) is 0 Å². The lowest BCUT2D eigenvalue weighted by molar-refractivity contribution is -0.123. The summed E-state index contributed by atoms with van der Waals surface area (Å²) in [4.78, 5) is 11.7. The number of hydrogen-bond acceptors (Lipinski definition) is 2. The van der Waals surface area contributed by atoms with Crippen LogP contribution in [0.25, 0.3) is 0 Å². The van der Waals surface area contributed by atoms with Gasteiger partial charge in [-0.2, -0.15) is 0 Å². The van der Waals surface area contributed by atoms with Crippen LogP contribution in [0.1, 0.15) is 52.4 Å². The van der Waals surface area contributed by atoms with Crippen LogP contribution in [0, 0.1) is 5.92 Å². The Balaban J connectivity index is 2.35. The average molecular weight is 212 g/mol. The van der Waals surface area contributed by atoms with Gasteiger partial charge in [0.1, 0.15) is 0 Å². The number of nitrogens with one attached hydrogen (secondary N) is 1. The summed E-state index contributed by atoms with van der Waals surface area (Å²) in [5.74, 6) is 0.645. The van der Waals surface area contributed by atoms with E-state index in [1.54, 1.807) is 0 Å². The number of hydrogen-bond donors (Lipinski definition) is 2. The Bertz CT molecular complexity index is 206. The highest BCUT2D eigenvalue weighted by Gasteiger charge is 2.24. The summed E-state index contributed by atoms with van der Waals surface area (Å²) in [6.45, 7) is 4.27. The van der Waals surface area contributed by atoms with Crippen molar-refractivity contribution in [1.82, 2.24) is 5.32 Å². The standard InChI is InChI=1S/C12H24N2O/c1-3-6-10(13)12(15)14-11-8-5-4-7-9(11)2/h9-11H,3-8,13H2,1-2H3,(H,14,15)/t9-,10+,11+/m0/s1. The van der Waals surface area contributed by atoms with Crippen LogP contribution < -0.4 is 11.1 Å². The van der Waals surface area contributed by atoms with Crippen molar-refractivity contribution in [2.75, 3.05) is 0 Å². The van der Waals surface area contributed by atoms with Crippen LogP contribution in [0.2, 0.25) is 0 Å². The molecule has 0 bridgehead atoms. The van der Waals surface area contributed by atoms with E-state index >= 15 is 0 Å². The first-order valence-electron chi connectivity index (χ1n) is 6.21. The molecule has 3 N–H and O–H groups in total. The quantitative estimate of drug-likeness (QED) is 0.746. The average Bonchev–Trinajstić information content (AvgIpc) is 2.21. The molecule has 0 heterocycles. The Labute approximate surface area is 92.8 Å². The molecule has 0 radical (unpaired) electrons. The van der Waals surface area contributed by atoms with Gasteiger partial charge >= 0.3 is 0 Å². The number of carbonyl (C=O) groups excluding carboxylic acids is 1. The molecule has 0 unspecified atom stereocenters. The second kappa shape index (κ2) is 6.11. The minimum atomic E-state index is -0.316. The van der Waals surface area contributed by atoms with Gasteiger partial charge in [-0.25, -0.2) is 0 Å². The Morgan fingerprint density at radius 1 is 1.47 bits per heavy atom. The molecule has 3 heteroatoms. The third-order valence-corrected chi connectivity index (χ3v) is 3.38. The van der Waals surface area contributed by atoms with Crippen molar-refractivity contribution in [2.24, 2.45) is 11.7 Å². The van der Waals surface area contributed by atoms with Gasteiger partial charge in [-0.15, -0.1) is 0 Å².